The Labute approximate surface area is 146 Å². The molecule has 2 aromatic rings. The molecule has 7 nitrogen and oxygen atoms in total. The number of carbonyl (C=O) groups is 2. The molecule has 0 radical (unpaired) electrons. The molecule has 1 N–H and O–H groups in total. The molecule has 1 aliphatic heterocycles. The molecule has 0 bridgehead atoms. The molecule has 0 unspecified atom stereocenters. The van der Waals surface area contributed by atoms with Crippen LogP contribution in [0, 0.1) is 0 Å². The fourth-order valence-corrected chi connectivity index (χ4v) is 2.69. The monoisotopic (exact) mass is 340 g/mol. The number of benzene rings is 1. The van der Waals surface area contributed by atoms with Crippen molar-refractivity contribution in [2.24, 2.45) is 0 Å². The van der Waals surface area contributed by atoms with Gasteiger partial charge in [0.1, 0.15) is 11.4 Å². The number of nitrogens with one attached hydrogen (secondary N) is 1. The molecular formula is C18H20N4O3. The Hall–Kier alpha value is -3.09. The van der Waals surface area contributed by atoms with Crippen LogP contribution in [0.3, 0.4) is 0 Å². The second kappa shape index (κ2) is 7.65. The lowest BCUT2D eigenvalue weighted by atomic mass is 10.2. The first-order valence-corrected chi connectivity index (χ1v) is 8.06. The first kappa shape index (κ1) is 16.8. The summed E-state index contributed by atoms with van der Waals surface area (Å²) in [7, 11) is 1.62. The molecule has 0 atom stereocenters. The number of amides is 2. The predicted molar refractivity (Wildman–Crippen MR) is 94.1 cm³/mol. The van der Waals surface area contributed by atoms with Gasteiger partial charge in [0.15, 0.2) is 0 Å². The Morgan fingerprint density at radius 1 is 1.16 bits per heavy atom. The molecule has 25 heavy (non-hydrogen) atoms. The number of methoxy groups -OCH3 is 1. The first-order chi connectivity index (χ1) is 12.2. The van der Waals surface area contributed by atoms with Crippen LogP contribution in [0.15, 0.2) is 42.6 Å². The van der Waals surface area contributed by atoms with Crippen molar-refractivity contribution in [1.29, 1.82) is 0 Å². The maximum Gasteiger partial charge on any atom is 0.272 e. The standard InChI is InChI=1S/C18H20N4O3/c1-25-17-5-3-2-4-15(17)20-14-6-7-16(19-12-14)18(24)22-10-8-21(13-23)9-11-22/h2-7,12-13,20H,8-11H2,1H3. The van der Waals surface area contributed by atoms with Gasteiger partial charge >= 0.3 is 0 Å². The fraction of sp³-hybridized carbons (Fsp3) is 0.278. The third-order valence-corrected chi connectivity index (χ3v) is 4.12. The van der Waals surface area contributed by atoms with E-state index < -0.39 is 0 Å². The van der Waals surface area contributed by atoms with Crippen LogP contribution in [0.4, 0.5) is 11.4 Å². The second-order valence-electron chi connectivity index (χ2n) is 5.69. The number of pyridine rings is 1. The van der Waals surface area contributed by atoms with Crippen LogP contribution >= 0.6 is 0 Å². The van der Waals surface area contributed by atoms with E-state index in [2.05, 4.69) is 10.3 Å². The molecule has 1 aromatic heterocycles. The summed E-state index contributed by atoms with van der Waals surface area (Å²) in [5.74, 6) is 0.616. The summed E-state index contributed by atoms with van der Waals surface area (Å²) < 4.78 is 5.30. The SMILES string of the molecule is COc1ccccc1Nc1ccc(C(=O)N2CCN(C=O)CC2)nc1. The maximum absolute atomic E-state index is 12.5. The van der Waals surface area contributed by atoms with Crippen LogP contribution in [0.25, 0.3) is 0 Å². The van der Waals surface area contributed by atoms with Crippen molar-refractivity contribution < 1.29 is 14.3 Å². The lowest BCUT2D eigenvalue weighted by Crippen LogP contribution is -2.48. The van der Waals surface area contributed by atoms with E-state index in [0.717, 1.165) is 23.5 Å². The van der Waals surface area contributed by atoms with Gasteiger partial charge in [-0.05, 0) is 24.3 Å². The number of hydrogen-bond acceptors (Lipinski definition) is 5. The van der Waals surface area contributed by atoms with E-state index in [-0.39, 0.29) is 5.91 Å². The van der Waals surface area contributed by atoms with Crippen LogP contribution in [0.5, 0.6) is 5.75 Å². The molecular weight excluding hydrogens is 320 g/mol. The fourth-order valence-electron chi connectivity index (χ4n) is 2.69. The molecule has 7 heteroatoms. The number of rotatable bonds is 5. The van der Waals surface area contributed by atoms with Gasteiger partial charge in [-0.1, -0.05) is 12.1 Å². The quantitative estimate of drug-likeness (QED) is 0.840. The number of aromatic nitrogens is 1. The molecule has 1 saturated heterocycles. The van der Waals surface area contributed by atoms with Crippen LogP contribution in [0.1, 0.15) is 10.5 Å². The number of ether oxygens (including phenoxy) is 1. The minimum absolute atomic E-state index is 0.116. The molecule has 1 aliphatic rings. The van der Waals surface area contributed by atoms with E-state index in [4.69, 9.17) is 4.74 Å². The van der Waals surface area contributed by atoms with Crippen molar-refractivity contribution in [2.45, 2.75) is 0 Å². The van der Waals surface area contributed by atoms with Gasteiger partial charge in [0.25, 0.3) is 5.91 Å². The average Bonchev–Trinajstić information content (AvgIpc) is 2.68. The molecule has 0 aliphatic carbocycles. The number of nitrogens with zero attached hydrogens (tertiary/aromatic N) is 3. The van der Waals surface area contributed by atoms with Crippen LogP contribution in [-0.2, 0) is 4.79 Å². The Kier molecular flexibility index (Phi) is 5.13. The Balaban J connectivity index is 1.66. The van der Waals surface area contributed by atoms with E-state index in [9.17, 15) is 9.59 Å². The zero-order chi connectivity index (χ0) is 17.6. The van der Waals surface area contributed by atoms with E-state index in [1.165, 1.54) is 0 Å². The molecule has 2 amide bonds. The van der Waals surface area contributed by atoms with Crippen LogP contribution < -0.4 is 10.1 Å². The topological polar surface area (TPSA) is 74.8 Å². The minimum atomic E-state index is -0.116. The summed E-state index contributed by atoms with van der Waals surface area (Å²) in [6.07, 6.45) is 2.44. The van der Waals surface area contributed by atoms with Gasteiger partial charge in [-0.15, -0.1) is 0 Å². The Bertz CT molecular complexity index is 740. The molecule has 0 spiro atoms. The van der Waals surface area contributed by atoms with Gasteiger partial charge in [0, 0.05) is 26.2 Å². The number of carbonyl (C=O) groups excluding carboxylic acids is 2. The molecule has 1 fully saturated rings. The lowest BCUT2D eigenvalue weighted by molar-refractivity contribution is -0.119. The number of anilines is 2. The summed E-state index contributed by atoms with van der Waals surface area (Å²) >= 11 is 0. The van der Waals surface area contributed by atoms with Gasteiger partial charge < -0.3 is 19.9 Å². The number of piperazine rings is 1. The molecule has 3 rings (SSSR count). The normalized spacial score (nSPS) is 14.1. The lowest BCUT2D eigenvalue weighted by Gasteiger charge is -2.32. The van der Waals surface area contributed by atoms with Crippen molar-refractivity contribution in [3.8, 4) is 5.75 Å². The minimum Gasteiger partial charge on any atom is -0.495 e. The first-order valence-electron chi connectivity index (χ1n) is 8.06. The van der Waals surface area contributed by atoms with Gasteiger partial charge in [-0.25, -0.2) is 4.98 Å². The van der Waals surface area contributed by atoms with E-state index in [1.807, 2.05) is 30.3 Å². The highest BCUT2D eigenvalue weighted by Gasteiger charge is 2.22. The van der Waals surface area contributed by atoms with Crippen molar-refractivity contribution in [1.82, 2.24) is 14.8 Å². The molecule has 0 saturated carbocycles. The molecule has 1 aromatic carbocycles. The number of para-hydroxylation sites is 2. The summed E-state index contributed by atoms with van der Waals surface area (Å²) in [6.45, 7) is 2.17. The zero-order valence-corrected chi connectivity index (χ0v) is 14.0. The van der Waals surface area contributed by atoms with E-state index in [0.29, 0.717) is 31.9 Å². The second-order valence-corrected chi connectivity index (χ2v) is 5.69. The largest absolute Gasteiger partial charge is 0.495 e. The third-order valence-electron chi connectivity index (χ3n) is 4.12. The Morgan fingerprint density at radius 3 is 2.56 bits per heavy atom. The molecule has 130 valence electrons. The highest BCUT2D eigenvalue weighted by atomic mass is 16.5. The van der Waals surface area contributed by atoms with Gasteiger partial charge in [0.2, 0.25) is 6.41 Å². The van der Waals surface area contributed by atoms with Gasteiger partial charge in [0.05, 0.1) is 24.7 Å². The third kappa shape index (κ3) is 3.88. The highest BCUT2D eigenvalue weighted by Crippen LogP contribution is 2.26. The predicted octanol–water partition coefficient (Wildman–Crippen LogP) is 1.75. The molecule has 2 heterocycles. The van der Waals surface area contributed by atoms with Gasteiger partial charge in [-0.3, -0.25) is 9.59 Å². The summed E-state index contributed by atoms with van der Waals surface area (Å²) in [4.78, 5) is 30.9. The van der Waals surface area contributed by atoms with Crippen molar-refractivity contribution in [3.63, 3.8) is 0 Å². The summed E-state index contributed by atoms with van der Waals surface area (Å²) in [6, 6.07) is 11.1. The van der Waals surface area contributed by atoms with Crippen LogP contribution in [-0.4, -0.2) is 60.4 Å². The smallest absolute Gasteiger partial charge is 0.272 e. The summed E-state index contributed by atoms with van der Waals surface area (Å²) in [5.41, 5.74) is 1.99. The van der Waals surface area contributed by atoms with Gasteiger partial charge in [-0.2, -0.15) is 0 Å². The Morgan fingerprint density at radius 2 is 1.92 bits per heavy atom. The summed E-state index contributed by atoms with van der Waals surface area (Å²) in [5, 5.41) is 3.22. The van der Waals surface area contributed by atoms with Crippen molar-refractivity contribution in [3.05, 3.63) is 48.3 Å². The van der Waals surface area contributed by atoms with Crippen molar-refractivity contribution >= 4 is 23.7 Å². The highest BCUT2D eigenvalue weighted by molar-refractivity contribution is 5.92. The maximum atomic E-state index is 12.5. The average molecular weight is 340 g/mol. The number of hydrogen-bond donors (Lipinski definition) is 1. The van der Waals surface area contributed by atoms with E-state index >= 15 is 0 Å². The van der Waals surface area contributed by atoms with Crippen LogP contribution in [0.2, 0.25) is 0 Å². The van der Waals surface area contributed by atoms with E-state index in [1.54, 1.807) is 29.2 Å². The van der Waals surface area contributed by atoms with Crippen molar-refractivity contribution in [2.75, 3.05) is 38.6 Å². The zero-order valence-electron chi connectivity index (χ0n) is 14.0.